The summed E-state index contributed by atoms with van der Waals surface area (Å²) in [4.78, 5) is 0. The number of aromatic nitrogens is 2. The predicted molar refractivity (Wildman–Crippen MR) is 83.7 cm³/mol. The molecule has 0 saturated carbocycles. The van der Waals surface area contributed by atoms with Gasteiger partial charge in [0.1, 0.15) is 0 Å². The smallest absolute Gasteiger partial charge is 0.0575 e. The SMILES string of the molecule is CCCn1nccc1CNc1ccc(I)cc1C. The van der Waals surface area contributed by atoms with Crippen LogP contribution in [0.2, 0.25) is 0 Å². The van der Waals surface area contributed by atoms with Crippen molar-refractivity contribution in [1.29, 1.82) is 0 Å². The van der Waals surface area contributed by atoms with Crippen LogP contribution in [0.15, 0.2) is 30.5 Å². The monoisotopic (exact) mass is 355 g/mol. The fourth-order valence-corrected chi connectivity index (χ4v) is 2.58. The van der Waals surface area contributed by atoms with Crippen LogP contribution < -0.4 is 5.32 Å². The molecule has 2 rings (SSSR count). The van der Waals surface area contributed by atoms with E-state index in [9.17, 15) is 0 Å². The summed E-state index contributed by atoms with van der Waals surface area (Å²) in [5.74, 6) is 0. The Kier molecular flexibility index (Phi) is 4.63. The largest absolute Gasteiger partial charge is 0.379 e. The summed E-state index contributed by atoms with van der Waals surface area (Å²) in [6.07, 6.45) is 2.98. The minimum Gasteiger partial charge on any atom is -0.379 e. The van der Waals surface area contributed by atoms with E-state index in [1.165, 1.54) is 20.5 Å². The fourth-order valence-electron chi connectivity index (χ4n) is 1.93. The summed E-state index contributed by atoms with van der Waals surface area (Å²) in [5, 5.41) is 7.81. The molecule has 3 nitrogen and oxygen atoms in total. The van der Waals surface area contributed by atoms with Crippen LogP contribution in [0.4, 0.5) is 5.69 Å². The number of nitrogens with zero attached hydrogens (tertiary/aromatic N) is 2. The number of benzene rings is 1. The Bertz CT molecular complexity index is 520. The average Bonchev–Trinajstić information content (AvgIpc) is 2.76. The molecule has 0 aliphatic heterocycles. The Morgan fingerprint density at radius 1 is 1.33 bits per heavy atom. The van der Waals surface area contributed by atoms with Gasteiger partial charge in [-0.3, -0.25) is 4.68 Å². The first kappa shape index (κ1) is 13.4. The van der Waals surface area contributed by atoms with Crippen molar-refractivity contribution in [1.82, 2.24) is 9.78 Å². The van der Waals surface area contributed by atoms with Gasteiger partial charge in [-0.05, 0) is 65.8 Å². The van der Waals surface area contributed by atoms with Gasteiger partial charge in [0.15, 0.2) is 0 Å². The van der Waals surface area contributed by atoms with E-state index in [4.69, 9.17) is 0 Å². The minimum absolute atomic E-state index is 0.821. The van der Waals surface area contributed by atoms with Crippen LogP contribution >= 0.6 is 22.6 Å². The quantitative estimate of drug-likeness (QED) is 0.827. The first-order valence-electron chi connectivity index (χ1n) is 6.21. The van der Waals surface area contributed by atoms with Gasteiger partial charge in [0.2, 0.25) is 0 Å². The van der Waals surface area contributed by atoms with Crippen molar-refractivity contribution in [3.8, 4) is 0 Å². The van der Waals surface area contributed by atoms with Crippen molar-refractivity contribution in [3.05, 3.63) is 45.3 Å². The summed E-state index contributed by atoms with van der Waals surface area (Å²) in [6, 6.07) is 8.52. The molecule has 1 aromatic carbocycles. The van der Waals surface area contributed by atoms with E-state index >= 15 is 0 Å². The molecule has 0 fully saturated rings. The molecule has 96 valence electrons. The lowest BCUT2D eigenvalue weighted by Gasteiger charge is -2.11. The molecule has 18 heavy (non-hydrogen) atoms. The van der Waals surface area contributed by atoms with E-state index in [-0.39, 0.29) is 0 Å². The van der Waals surface area contributed by atoms with Crippen LogP contribution in [0.1, 0.15) is 24.6 Å². The van der Waals surface area contributed by atoms with E-state index in [1.807, 2.05) is 6.20 Å². The Hall–Kier alpha value is -1.04. The third kappa shape index (κ3) is 3.25. The molecule has 0 atom stereocenters. The molecule has 1 aromatic heterocycles. The normalized spacial score (nSPS) is 10.6. The van der Waals surface area contributed by atoms with Crippen LogP contribution in [0.25, 0.3) is 0 Å². The lowest BCUT2D eigenvalue weighted by molar-refractivity contribution is 0.578. The van der Waals surface area contributed by atoms with Crippen molar-refractivity contribution >= 4 is 28.3 Å². The number of hydrogen-bond donors (Lipinski definition) is 1. The molecule has 0 aliphatic rings. The van der Waals surface area contributed by atoms with E-state index < -0.39 is 0 Å². The van der Waals surface area contributed by atoms with Crippen molar-refractivity contribution in [2.75, 3.05) is 5.32 Å². The Labute approximate surface area is 122 Å². The second-order valence-electron chi connectivity index (χ2n) is 4.36. The molecule has 1 N–H and O–H groups in total. The first-order chi connectivity index (χ1) is 8.70. The summed E-state index contributed by atoms with van der Waals surface area (Å²) in [7, 11) is 0. The van der Waals surface area contributed by atoms with Crippen LogP contribution in [0.5, 0.6) is 0 Å². The molecule has 0 saturated heterocycles. The summed E-state index contributed by atoms with van der Waals surface area (Å²) in [6.45, 7) is 6.10. The Morgan fingerprint density at radius 2 is 2.17 bits per heavy atom. The summed E-state index contributed by atoms with van der Waals surface area (Å²) < 4.78 is 3.33. The molecule has 4 heteroatoms. The van der Waals surface area contributed by atoms with Crippen LogP contribution in [-0.4, -0.2) is 9.78 Å². The van der Waals surface area contributed by atoms with E-state index in [1.54, 1.807) is 0 Å². The van der Waals surface area contributed by atoms with Crippen LogP contribution in [-0.2, 0) is 13.1 Å². The van der Waals surface area contributed by atoms with Gasteiger partial charge in [-0.1, -0.05) is 6.92 Å². The third-order valence-electron chi connectivity index (χ3n) is 2.89. The number of aryl methyl sites for hydroxylation is 2. The molecule has 1 heterocycles. The fraction of sp³-hybridized carbons (Fsp3) is 0.357. The summed E-state index contributed by atoms with van der Waals surface area (Å²) in [5.41, 5.74) is 3.71. The van der Waals surface area contributed by atoms with E-state index in [0.29, 0.717) is 0 Å². The van der Waals surface area contributed by atoms with E-state index in [0.717, 1.165) is 19.5 Å². The molecular formula is C14H18IN3. The molecule has 0 bridgehead atoms. The number of rotatable bonds is 5. The molecule has 2 aromatic rings. The molecule has 0 aliphatic carbocycles. The van der Waals surface area contributed by atoms with Gasteiger partial charge in [-0.25, -0.2) is 0 Å². The average molecular weight is 355 g/mol. The zero-order valence-corrected chi connectivity index (χ0v) is 12.9. The van der Waals surface area contributed by atoms with Crippen molar-refractivity contribution < 1.29 is 0 Å². The van der Waals surface area contributed by atoms with Gasteiger partial charge >= 0.3 is 0 Å². The number of nitrogens with one attached hydrogen (secondary N) is 1. The highest BCUT2D eigenvalue weighted by Gasteiger charge is 2.03. The van der Waals surface area contributed by atoms with Crippen LogP contribution in [0.3, 0.4) is 0 Å². The van der Waals surface area contributed by atoms with Crippen molar-refractivity contribution in [3.63, 3.8) is 0 Å². The second kappa shape index (κ2) is 6.22. The second-order valence-corrected chi connectivity index (χ2v) is 5.60. The number of hydrogen-bond acceptors (Lipinski definition) is 2. The first-order valence-corrected chi connectivity index (χ1v) is 7.29. The molecule has 0 radical (unpaired) electrons. The number of halogens is 1. The lowest BCUT2D eigenvalue weighted by Crippen LogP contribution is -2.09. The van der Waals surface area contributed by atoms with Gasteiger partial charge in [0, 0.05) is 22.0 Å². The Morgan fingerprint density at radius 3 is 2.89 bits per heavy atom. The third-order valence-corrected chi connectivity index (χ3v) is 3.56. The minimum atomic E-state index is 0.821. The zero-order chi connectivity index (χ0) is 13.0. The topological polar surface area (TPSA) is 29.9 Å². The maximum absolute atomic E-state index is 4.33. The van der Waals surface area contributed by atoms with Gasteiger partial charge in [0.25, 0.3) is 0 Å². The summed E-state index contributed by atoms with van der Waals surface area (Å²) >= 11 is 2.34. The van der Waals surface area contributed by atoms with Gasteiger partial charge in [0.05, 0.1) is 12.2 Å². The molecular weight excluding hydrogens is 337 g/mol. The van der Waals surface area contributed by atoms with E-state index in [2.05, 4.69) is 75.8 Å². The van der Waals surface area contributed by atoms with Crippen molar-refractivity contribution in [2.45, 2.75) is 33.4 Å². The standard InChI is InChI=1S/C14H18IN3/c1-3-8-18-13(6-7-17-18)10-16-14-5-4-12(15)9-11(14)2/h4-7,9,16H,3,8,10H2,1-2H3. The molecule has 0 amide bonds. The van der Waals surface area contributed by atoms with Crippen molar-refractivity contribution in [2.24, 2.45) is 0 Å². The highest BCUT2D eigenvalue weighted by molar-refractivity contribution is 14.1. The zero-order valence-electron chi connectivity index (χ0n) is 10.8. The van der Waals surface area contributed by atoms with Gasteiger partial charge in [-0.15, -0.1) is 0 Å². The van der Waals surface area contributed by atoms with Crippen LogP contribution in [0, 0.1) is 10.5 Å². The molecule has 0 unspecified atom stereocenters. The predicted octanol–water partition coefficient (Wildman–Crippen LogP) is 3.82. The highest BCUT2D eigenvalue weighted by Crippen LogP contribution is 2.18. The highest BCUT2D eigenvalue weighted by atomic mass is 127. The number of anilines is 1. The van der Waals surface area contributed by atoms with Gasteiger partial charge in [-0.2, -0.15) is 5.10 Å². The lowest BCUT2D eigenvalue weighted by atomic mass is 10.2. The van der Waals surface area contributed by atoms with Gasteiger partial charge < -0.3 is 5.32 Å². The Balaban J connectivity index is 2.04. The maximum atomic E-state index is 4.33. The molecule has 0 spiro atoms. The maximum Gasteiger partial charge on any atom is 0.0575 e.